The molecule has 8 heteroatoms. The maximum Gasteiger partial charge on any atom is 0.272 e. The largest absolute Gasteiger partial charge is 0.497 e. The van der Waals surface area contributed by atoms with E-state index in [0.717, 1.165) is 5.69 Å². The molecular weight excluding hydrogens is 312 g/mol. The van der Waals surface area contributed by atoms with Crippen LogP contribution in [0.1, 0.15) is 17.4 Å². The molecule has 0 spiro atoms. The predicted octanol–water partition coefficient (Wildman–Crippen LogP) is 1.00. The minimum absolute atomic E-state index is 0.157. The molecule has 1 atom stereocenters. The third-order valence-corrected chi connectivity index (χ3v) is 4.10. The highest BCUT2D eigenvalue weighted by Crippen LogP contribution is 2.24. The van der Waals surface area contributed by atoms with Crippen LogP contribution in [0.3, 0.4) is 0 Å². The normalized spacial score (nSPS) is 17.9. The number of methoxy groups -OCH3 is 1. The van der Waals surface area contributed by atoms with Crippen molar-refractivity contribution < 1.29 is 19.4 Å². The second kappa shape index (κ2) is 6.23. The summed E-state index contributed by atoms with van der Waals surface area (Å²) in [5, 5.41) is 15.2. The molecule has 3 rings (SSSR count). The lowest BCUT2D eigenvalue weighted by Crippen LogP contribution is -2.57. The summed E-state index contributed by atoms with van der Waals surface area (Å²) in [4.78, 5) is 28.2. The van der Waals surface area contributed by atoms with Gasteiger partial charge in [-0.2, -0.15) is 0 Å². The number of piperazine rings is 1. The Hall–Kier alpha value is -3.03. The number of hydrogen-bond donors (Lipinski definition) is 2. The predicted molar refractivity (Wildman–Crippen MR) is 86.1 cm³/mol. The van der Waals surface area contributed by atoms with Crippen molar-refractivity contribution in [1.82, 2.24) is 15.1 Å². The summed E-state index contributed by atoms with van der Waals surface area (Å²) in [5.74, 6) is -0.0668. The fraction of sp³-hybridized carbons (Fsp3) is 0.312. The number of benzene rings is 1. The van der Waals surface area contributed by atoms with Crippen molar-refractivity contribution in [2.24, 2.45) is 0 Å². The van der Waals surface area contributed by atoms with Crippen LogP contribution in [-0.4, -0.2) is 58.3 Å². The van der Waals surface area contributed by atoms with E-state index in [4.69, 9.17) is 4.74 Å². The van der Waals surface area contributed by atoms with Gasteiger partial charge in [-0.15, -0.1) is 5.10 Å². The van der Waals surface area contributed by atoms with Crippen LogP contribution in [0.5, 0.6) is 11.6 Å². The number of anilines is 1. The summed E-state index contributed by atoms with van der Waals surface area (Å²) < 4.78 is 5.12. The highest BCUT2D eigenvalue weighted by molar-refractivity contribution is 6.02. The standard InChI is InChI=1S/C16H18N4O4/c1-10-15(22)20(11-3-5-12(24-2)6-4-11)8-7-19(10)16(23)13-9-14(21)18-17-13/h3-6,9-10H,7-8H2,1-2H3,(H2,17,18,21). The number of carbonyl (C=O) groups excluding carboxylic acids is 2. The number of H-pyrrole nitrogens is 1. The van der Waals surface area contributed by atoms with Gasteiger partial charge in [-0.05, 0) is 31.2 Å². The van der Waals surface area contributed by atoms with E-state index in [9.17, 15) is 14.7 Å². The number of aromatic hydroxyl groups is 1. The van der Waals surface area contributed by atoms with Gasteiger partial charge in [-0.1, -0.05) is 0 Å². The molecule has 1 aliphatic rings. The first-order valence-electron chi connectivity index (χ1n) is 7.52. The van der Waals surface area contributed by atoms with E-state index in [2.05, 4.69) is 10.2 Å². The lowest BCUT2D eigenvalue weighted by molar-refractivity contribution is -0.124. The lowest BCUT2D eigenvalue weighted by atomic mass is 10.1. The number of amides is 2. The third-order valence-electron chi connectivity index (χ3n) is 4.10. The van der Waals surface area contributed by atoms with Crippen LogP contribution < -0.4 is 9.64 Å². The molecule has 2 heterocycles. The van der Waals surface area contributed by atoms with Crippen molar-refractivity contribution in [3.05, 3.63) is 36.0 Å². The smallest absolute Gasteiger partial charge is 0.272 e. The van der Waals surface area contributed by atoms with Crippen molar-refractivity contribution in [1.29, 1.82) is 0 Å². The van der Waals surface area contributed by atoms with Gasteiger partial charge < -0.3 is 19.6 Å². The van der Waals surface area contributed by atoms with Gasteiger partial charge in [0.05, 0.1) is 7.11 Å². The summed E-state index contributed by atoms with van der Waals surface area (Å²) in [6.45, 7) is 2.46. The van der Waals surface area contributed by atoms with Gasteiger partial charge >= 0.3 is 0 Å². The van der Waals surface area contributed by atoms with Gasteiger partial charge in [0.25, 0.3) is 5.91 Å². The van der Waals surface area contributed by atoms with Crippen LogP contribution in [0, 0.1) is 0 Å². The summed E-state index contributed by atoms with van der Waals surface area (Å²) in [6.07, 6.45) is 0. The Labute approximate surface area is 138 Å². The quantitative estimate of drug-likeness (QED) is 0.875. The van der Waals surface area contributed by atoms with Gasteiger partial charge in [0.15, 0.2) is 0 Å². The molecular formula is C16H18N4O4. The first kappa shape index (κ1) is 15.9. The van der Waals surface area contributed by atoms with E-state index in [-0.39, 0.29) is 23.4 Å². The fourth-order valence-electron chi connectivity index (χ4n) is 2.74. The summed E-state index contributed by atoms with van der Waals surface area (Å²) in [5.41, 5.74) is 0.920. The van der Waals surface area contributed by atoms with Crippen LogP contribution in [-0.2, 0) is 4.79 Å². The van der Waals surface area contributed by atoms with Gasteiger partial charge in [0, 0.05) is 24.8 Å². The van der Waals surface area contributed by atoms with Crippen molar-refractivity contribution in [2.45, 2.75) is 13.0 Å². The molecule has 2 aromatic rings. The van der Waals surface area contributed by atoms with Gasteiger partial charge in [-0.25, -0.2) is 0 Å². The van der Waals surface area contributed by atoms with Gasteiger partial charge in [0.1, 0.15) is 17.5 Å². The van der Waals surface area contributed by atoms with Crippen LogP contribution >= 0.6 is 0 Å². The Morgan fingerprint density at radius 3 is 2.62 bits per heavy atom. The van der Waals surface area contributed by atoms with E-state index in [1.54, 1.807) is 31.1 Å². The number of rotatable bonds is 3. The molecule has 0 bridgehead atoms. The first-order chi connectivity index (χ1) is 11.5. The highest BCUT2D eigenvalue weighted by Gasteiger charge is 2.35. The molecule has 1 unspecified atom stereocenters. The molecule has 8 nitrogen and oxygen atoms in total. The van der Waals surface area contributed by atoms with E-state index in [0.29, 0.717) is 18.8 Å². The van der Waals surface area contributed by atoms with Crippen LogP contribution in [0.15, 0.2) is 30.3 Å². The summed E-state index contributed by atoms with van der Waals surface area (Å²) in [6, 6.07) is 7.84. The topological polar surface area (TPSA) is 98.8 Å². The van der Waals surface area contributed by atoms with Gasteiger partial charge in [-0.3, -0.25) is 14.7 Å². The van der Waals surface area contributed by atoms with Crippen LogP contribution in [0.25, 0.3) is 0 Å². The molecule has 2 amide bonds. The highest BCUT2D eigenvalue weighted by atomic mass is 16.5. The minimum Gasteiger partial charge on any atom is -0.497 e. The molecule has 1 aromatic carbocycles. The zero-order valence-corrected chi connectivity index (χ0v) is 13.4. The Morgan fingerprint density at radius 1 is 1.33 bits per heavy atom. The molecule has 0 aliphatic carbocycles. The molecule has 2 N–H and O–H groups in total. The number of hydrogen-bond acceptors (Lipinski definition) is 5. The number of aromatic nitrogens is 2. The minimum atomic E-state index is -0.612. The van der Waals surface area contributed by atoms with Crippen molar-refractivity contribution in [3.63, 3.8) is 0 Å². The Bertz CT molecular complexity index is 756. The average Bonchev–Trinajstić information content (AvgIpc) is 3.03. The van der Waals surface area contributed by atoms with E-state index >= 15 is 0 Å². The van der Waals surface area contributed by atoms with Crippen LogP contribution in [0.2, 0.25) is 0 Å². The Balaban J connectivity index is 1.76. The monoisotopic (exact) mass is 330 g/mol. The second-order valence-electron chi connectivity index (χ2n) is 5.50. The third kappa shape index (κ3) is 2.78. The van der Waals surface area contributed by atoms with E-state index in [1.807, 2.05) is 12.1 Å². The number of nitrogens with zero attached hydrogens (tertiary/aromatic N) is 3. The average molecular weight is 330 g/mol. The van der Waals surface area contributed by atoms with Crippen molar-refractivity contribution in [2.75, 3.05) is 25.1 Å². The number of nitrogens with one attached hydrogen (secondary N) is 1. The molecule has 24 heavy (non-hydrogen) atoms. The van der Waals surface area contributed by atoms with Crippen LogP contribution in [0.4, 0.5) is 5.69 Å². The number of carbonyl (C=O) groups is 2. The lowest BCUT2D eigenvalue weighted by Gasteiger charge is -2.38. The molecule has 1 saturated heterocycles. The SMILES string of the molecule is COc1ccc(N2CCN(C(=O)c3cc(O)n[nH]3)C(C)C2=O)cc1. The van der Waals surface area contributed by atoms with E-state index in [1.165, 1.54) is 11.0 Å². The Morgan fingerprint density at radius 2 is 2.04 bits per heavy atom. The summed E-state index contributed by atoms with van der Waals surface area (Å²) in [7, 11) is 1.58. The zero-order chi connectivity index (χ0) is 17.3. The maximum atomic E-state index is 12.7. The van der Waals surface area contributed by atoms with Gasteiger partial charge in [0.2, 0.25) is 11.8 Å². The number of aromatic amines is 1. The Kier molecular flexibility index (Phi) is 4.11. The molecule has 0 radical (unpaired) electrons. The maximum absolute atomic E-state index is 12.7. The molecule has 1 fully saturated rings. The summed E-state index contributed by atoms with van der Waals surface area (Å²) >= 11 is 0. The fourth-order valence-corrected chi connectivity index (χ4v) is 2.74. The van der Waals surface area contributed by atoms with Crippen molar-refractivity contribution in [3.8, 4) is 11.6 Å². The van der Waals surface area contributed by atoms with E-state index < -0.39 is 6.04 Å². The molecule has 0 saturated carbocycles. The second-order valence-corrected chi connectivity index (χ2v) is 5.50. The zero-order valence-electron chi connectivity index (χ0n) is 13.4. The molecule has 1 aliphatic heterocycles. The van der Waals surface area contributed by atoms with Crippen molar-refractivity contribution >= 4 is 17.5 Å². The molecule has 1 aromatic heterocycles. The first-order valence-corrected chi connectivity index (χ1v) is 7.52. The molecule has 126 valence electrons. The number of ether oxygens (including phenoxy) is 1.